The molecule has 0 N–H and O–H groups in total. The summed E-state index contributed by atoms with van der Waals surface area (Å²) in [4.78, 5) is 3.88. The van der Waals surface area contributed by atoms with E-state index in [2.05, 4.69) is 37.8 Å². The molecule has 1 aromatic rings. The van der Waals surface area contributed by atoms with Crippen molar-refractivity contribution in [1.82, 2.24) is 15.2 Å². The van der Waals surface area contributed by atoms with E-state index in [0.717, 1.165) is 3.70 Å². The Labute approximate surface area is 73.6 Å². The molecule has 0 aliphatic heterocycles. The van der Waals surface area contributed by atoms with Crippen molar-refractivity contribution in [3.63, 3.8) is 0 Å². The molecule has 0 amide bonds. The molecule has 1 aromatic heterocycles. The zero-order valence-electron chi connectivity index (χ0n) is 3.67. The lowest BCUT2D eigenvalue weighted by Gasteiger charge is -1.84. The summed E-state index contributed by atoms with van der Waals surface area (Å²) in [6.45, 7) is 0. The van der Waals surface area contributed by atoms with E-state index < -0.39 is 0 Å². The maximum Gasteiger partial charge on any atom is 0.212 e. The lowest BCUT2D eigenvalue weighted by molar-refractivity contribution is 0.907. The molecule has 0 aromatic carbocycles. The third-order valence-corrected chi connectivity index (χ3v) is 1.49. The van der Waals surface area contributed by atoms with Gasteiger partial charge in [0.05, 0.1) is 6.20 Å². The van der Waals surface area contributed by atoms with Crippen LogP contribution in [-0.4, -0.2) is 15.2 Å². The lowest BCUT2D eigenvalue weighted by Crippen LogP contribution is -1.91. The molecule has 0 saturated carbocycles. The van der Waals surface area contributed by atoms with Crippen molar-refractivity contribution >= 4 is 45.2 Å². The molecule has 0 fully saturated rings. The third-order valence-electron chi connectivity index (χ3n) is 0.506. The van der Waals surface area contributed by atoms with Gasteiger partial charge < -0.3 is 0 Å². The van der Waals surface area contributed by atoms with Gasteiger partial charge in [0.25, 0.3) is 0 Å². The molecule has 0 spiro atoms. The van der Waals surface area contributed by atoms with Crippen LogP contribution in [0.4, 0.5) is 0 Å². The Morgan fingerprint density at radius 1 is 1.25 bits per heavy atom. The topological polar surface area (TPSA) is 38.7 Å². The van der Waals surface area contributed by atoms with Crippen LogP contribution in [-0.2, 0) is 0 Å². The van der Waals surface area contributed by atoms with Crippen molar-refractivity contribution in [1.29, 1.82) is 0 Å². The Morgan fingerprint density at radius 3 is 2.38 bits per heavy atom. The van der Waals surface area contributed by atoms with Crippen molar-refractivity contribution in [2.75, 3.05) is 0 Å². The number of rotatable bonds is 0. The molecule has 1 heterocycles. The summed E-state index contributed by atoms with van der Waals surface area (Å²) in [5.41, 5.74) is 0. The van der Waals surface area contributed by atoms with Gasteiger partial charge in [0.2, 0.25) is 3.83 Å². The van der Waals surface area contributed by atoms with E-state index in [0.29, 0.717) is 3.83 Å². The fourth-order valence-electron chi connectivity index (χ4n) is 0.247. The highest BCUT2D eigenvalue weighted by Gasteiger charge is 1.87. The molecule has 5 heteroatoms. The largest absolute Gasteiger partial charge is 0.227 e. The van der Waals surface area contributed by atoms with E-state index in [1.807, 2.05) is 22.6 Å². The number of nitrogens with zero attached hydrogens (tertiary/aromatic N) is 3. The minimum atomic E-state index is 0.683. The summed E-state index contributed by atoms with van der Waals surface area (Å²) < 4.78 is 1.51. The summed E-state index contributed by atoms with van der Waals surface area (Å²) in [6, 6.07) is 0. The van der Waals surface area contributed by atoms with Crippen molar-refractivity contribution in [2.45, 2.75) is 0 Å². The molecule has 1 rings (SSSR count). The maximum atomic E-state index is 3.88. The average molecular weight is 333 g/mol. The number of hydrogen-bond acceptors (Lipinski definition) is 3. The molecule has 0 aliphatic rings. The summed E-state index contributed by atoms with van der Waals surface area (Å²) >= 11 is 4.07. The van der Waals surface area contributed by atoms with Crippen LogP contribution in [0.15, 0.2) is 6.20 Å². The highest BCUT2D eigenvalue weighted by atomic mass is 127. The highest BCUT2D eigenvalue weighted by molar-refractivity contribution is 14.1. The average Bonchev–Trinajstić information content (AvgIpc) is 1.77. The van der Waals surface area contributed by atoms with E-state index in [1.54, 1.807) is 6.20 Å². The van der Waals surface area contributed by atoms with Crippen molar-refractivity contribution in [2.24, 2.45) is 0 Å². The summed E-state index contributed by atoms with van der Waals surface area (Å²) in [7, 11) is 0. The molecule has 0 aliphatic carbocycles. The Balaban J connectivity index is 3.03. The van der Waals surface area contributed by atoms with Gasteiger partial charge in [0, 0.05) is 22.6 Å². The molecule has 8 heavy (non-hydrogen) atoms. The Hall–Kier alpha value is 0.470. The standard InChI is InChI=1S/C3HI2N3/c4-2-1-6-3(5)8-7-2/h1H. The highest BCUT2D eigenvalue weighted by Crippen LogP contribution is 1.96. The quantitative estimate of drug-likeness (QED) is 0.667. The van der Waals surface area contributed by atoms with Crippen LogP contribution >= 0.6 is 45.2 Å². The summed E-state index contributed by atoms with van der Waals surface area (Å²) in [5, 5.41) is 7.44. The lowest BCUT2D eigenvalue weighted by atomic mass is 10.9. The van der Waals surface area contributed by atoms with E-state index in [9.17, 15) is 0 Å². The summed E-state index contributed by atoms with van der Waals surface area (Å²) in [5.74, 6) is 0. The van der Waals surface area contributed by atoms with Gasteiger partial charge in [-0.2, -0.15) is 0 Å². The van der Waals surface area contributed by atoms with Crippen molar-refractivity contribution < 1.29 is 0 Å². The Kier molecular flexibility index (Phi) is 2.35. The van der Waals surface area contributed by atoms with E-state index in [-0.39, 0.29) is 0 Å². The maximum absolute atomic E-state index is 3.88. The minimum absolute atomic E-state index is 0.683. The SMILES string of the molecule is Ic1cnc(I)nn1. The van der Waals surface area contributed by atoms with Gasteiger partial charge in [-0.05, 0) is 22.6 Å². The van der Waals surface area contributed by atoms with Gasteiger partial charge in [0.1, 0.15) is 3.70 Å². The smallest absolute Gasteiger partial charge is 0.212 e. The summed E-state index contributed by atoms with van der Waals surface area (Å²) in [6.07, 6.45) is 1.68. The number of halogens is 2. The van der Waals surface area contributed by atoms with E-state index in [1.165, 1.54) is 0 Å². The molecule has 0 radical (unpaired) electrons. The first-order valence-electron chi connectivity index (χ1n) is 1.80. The Bertz CT molecular complexity index is 151. The molecule has 0 saturated heterocycles. The first-order valence-corrected chi connectivity index (χ1v) is 3.95. The molecule has 0 atom stereocenters. The van der Waals surface area contributed by atoms with Crippen molar-refractivity contribution in [3.8, 4) is 0 Å². The van der Waals surface area contributed by atoms with Gasteiger partial charge in [-0.25, -0.2) is 4.98 Å². The molecular formula is C3HI2N3. The van der Waals surface area contributed by atoms with Crippen LogP contribution in [0.3, 0.4) is 0 Å². The van der Waals surface area contributed by atoms with Crippen LogP contribution < -0.4 is 0 Å². The predicted molar refractivity (Wildman–Crippen MR) is 45.3 cm³/mol. The first kappa shape index (κ1) is 6.59. The van der Waals surface area contributed by atoms with Gasteiger partial charge >= 0.3 is 0 Å². The molecular weight excluding hydrogens is 332 g/mol. The van der Waals surface area contributed by atoms with Gasteiger partial charge in [-0.3, -0.25) is 0 Å². The Morgan fingerprint density at radius 2 is 2.00 bits per heavy atom. The second-order valence-electron chi connectivity index (χ2n) is 1.05. The molecule has 42 valence electrons. The monoisotopic (exact) mass is 333 g/mol. The number of hydrogen-bond donors (Lipinski definition) is 0. The fourth-order valence-corrected chi connectivity index (χ4v) is 0.741. The molecule has 0 unspecified atom stereocenters. The van der Waals surface area contributed by atoms with Crippen LogP contribution in [0.1, 0.15) is 0 Å². The first-order chi connectivity index (χ1) is 3.79. The van der Waals surface area contributed by atoms with Crippen molar-refractivity contribution in [3.05, 3.63) is 13.7 Å². The van der Waals surface area contributed by atoms with Crippen LogP contribution in [0.2, 0.25) is 0 Å². The van der Waals surface area contributed by atoms with Crippen LogP contribution in [0.25, 0.3) is 0 Å². The van der Waals surface area contributed by atoms with Gasteiger partial charge in [0.15, 0.2) is 0 Å². The minimum Gasteiger partial charge on any atom is -0.227 e. The molecule has 0 bridgehead atoms. The van der Waals surface area contributed by atoms with E-state index >= 15 is 0 Å². The zero-order chi connectivity index (χ0) is 5.98. The van der Waals surface area contributed by atoms with Crippen LogP contribution in [0.5, 0.6) is 0 Å². The van der Waals surface area contributed by atoms with Gasteiger partial charge in [-0.1, -0.05) is 0 Å². The second kappa shape index (κ2) is 2.85. The van der Waals surface area contributed by atoms with Gasteiger partial charge in [-0.15, -0.1) is 10.2 Å². The normalized spacial score (nSPS) is 9.25. The third kappa shape index (κ3) is 1.77. The van der Waals surface area contributed by atoms with Crippen LogP contribution in [0, 0.1) is 7.53 Å². The van der Waals surface area contributed by atoms with E-state index in [4.69, 9.17) is 0 Å². The predicted octanol–water partition coefficient (Wildman–Crippen LogP) is 1.08. The second-order valence-corrected chi connectivity index (χ2v) is 3.12. The zero-order valence-corrected chi connectivity index (χ0v) is 7.99. The fraction of sp³-hybridized carbons (Fsp3) is 0. The molecule has 3 nitrogen and oxygen atoms in total. The number of aromatic nitrogens is 3.